The van der Waals surface area contributed by atoms with Gasteiger partial charge in [-0.2, -0.15) is 0 Å². The molecule has 0 radical (unpaired) electrons. The molecular weight excluding hydrogens is 304 g/mol. The number of benzene rings is 2. The van der Waals surface area contributed by atoms with Gasteiger partial charge in [0.1, 0.15) is 24.4 Å². The van der Waals surface area contributed by atoms with Crippen molar-refractivity contribution in [3.63, 3.8) is 0 Å². The molecule has 0 saturated carbocycles. The molecule has 2 aromatic carbocycles. The summed E-state index contributed by atoms with van der Waals surface area (Å²) in [5.41, 5.74) is 3.04. The summed E-state index contributed by atoms with van der Waals surface area (Å²) in [6.45, 7) is 0.705. The highest BCUT2D eigenvalue weighted by atomic mass is 16.5. The van der Waals surface area contributed by atoms with Crippen LogP contribution in [0.4, 0.5) is 5.69 Å². The predicted octanol–water partition coefficient (Wildman–Crippen LogP) is 3.96. The molecule has 24 heavy (non-hydrogen) atoms. The molecule has 0 aliphatic carbocycles. The number of amides is 1. The molecule has 1 aromatic heterocycles. The molecule has 0 saturated heterocycles. The van der Waals surface area contributed by atoms with E-state index in [1.807, 2.05) is 30.3 Å². The minimum atomic E-state index is -0.300. The van der Waals surface area contributed by atoms with Gasteiger partial charge in [-0.25, -0.2) is 9.97 Å². The second-order valence-electron chi connectivity index (χ2n) is 5.17. The molecule has 0 spiro atoms. The van der Waals surface area contributed by atoms with Crippen molar-refractivity contribution in [3.05, 3.63) is 66.1 Å². The van der Waals surface area contributed by atoms with Gasteiger partial charge in [-0.1, -0.05) is 24.3 Å². The van der Waals surface area contributed by atoms with Crippen molar-refractivity contribution in [1.29, 1.82) is 0 Å². The van der Waals surface area contributed by atoms with Crippen LogP contribution < -0.4 is 4.74 Å². The van der Waals surface area contributed by atoms with Crippen LogP contribution in [0, 0.1) is 0 Å². The zero-order chi connectivity index (χ0) is 16.4. The third-order valence-electron chi connectivity index (χ3n) is 3.68. The van der Waals surface area contributed by atoms with Crippen molar-refractivity contribution in [2.75, 3.05) is 6.61 Å². The van der Waals surface area contributed by atoms with E-state index in [2.05, 4.69) is 26.3 Å². The lowest BCUT2D eigenvalue weighted by molar-refractivity contribution is 0.100. The molecule has 0 fully saturated rings. The van der Waals surface area contributed by atoms with E-state index < -0.39 is 0 Å². The summed E-state index contributed by atoms with van der Waals surface area (Å²) in [4.78, 5) is 19.2. The van der Waals surface area contributed by atoms with E-state index >= 15 is 0 Å². The summed E-state index contributed by atoms with van der Waals surface area (Å²) < 4.78 is 5.34. The van der Waals surface area contributed by atoms with E-state index in [1.54, 1.807) is 18.3 Å². The normalized spacial score (nSPS) is 13.8. The molecule has 3 heterocycles. The fraction of sp³-hybridized carbons (Fsp3) is 0.0556. The van der Waals surface area contributed by atoms with Crippen LogP contribution in [0.1, 0.15) is 15.9 Å². The lowest BCUT2D eigenvalue weighted by Crippen LogP contribution is -1.98. The molecule has 2 aliphatic heterocycles. The van der Waals surface area contributed by atoms with Gasteiger partial charge in [0.15, 0.2) is 0 Å². The zero-order valence-corrected chi connectivity index (χ0v) is 12.6. The Bertz CT molecular complexity index is 995. The molecule has 6 heteroatoms. The summed E-state index contributed by atoms with van der Waals surface area (Å²) >= 11 is 0. The van der Waals surface area contributed by atoms with Gasteiger partial charge in [0.2, 0.25) is 0 Å². The summed E-state index contributed by atoms with van der Waals surface area (Å²) in [6, 6.07) is 11.5. The number of azo groups is 1. The highest BCUT2D eigenvalue weighted by Crippen LogP contribution is 2.33. The lowest BCUT2D eigenvalue weighted by Gasteiger charge is -2.10. The van der Waals surface area contributed by atoms with Crippen LogP contribution in [0.3, 0.4) is 0 Å². The van der Waals surface area contributed by atoms with Gasteiger partial charge in [0.05, 0.1) is 11.1 Å². The molecule has 0 N–H and O–H groups in total. The third-order valence-corrected chi connectivity index (χ3v) is 3.68. The van der Waals surface area contributed by atoms with Crippen molar-refractivity contribution in [3.8, 4) is 5.75 Å². The van der Waals surface area contributed by atoms with Crippen molar-refractivity contribution in [2.24, 2.45) is 10.2 Å². The standard InChI is InChI=1S/C9H4N4O.C9H8O/c14-9-5-1-2-7-6(3-10-4-11-7)8(5)12-13-9;1-2-6-9-8(4-1)5-3-7-10-9/h1-4H;1-6H,7H2. The number of carbonyl (C=O) groups is 1. The van der Waals surface area contributed by atoms with E-state index in [4.69, 9.17) is 4.74 Å². The number of carbonyl (C=O) groups excluding carboxylic acids is 1. The topological polar surface area (TPSA) is 76.8 Å². The van der Waals surface area contributed by atoms with E-state index in [0.717, 1.165) is 16.7 Å². The fourth-order valence-corrected chi connectivity index (χ4v) is 2.53. The number of nitrogens with zero attached hydrogens (tertiary/aromatic N) is 4. The number of rotatable bonds is 0. The smallest absolute Gasteiger partial charge is 0.297 e. The van der Waals surface area contributed by atoms with Crippen LogP contribution in [0.5, 0.6) is 5.75 Å². The predicted molar refractivity (Wildman–Crippen MR) is 89.4 cm³/mol. The van der Waals surface area contributed by atoms with Gasteiger partial charge >= 0.3 is 0 Å². The number of ether oxygens (including phenoxy) is 1. The Kier molecular flexibility index (Phi) is 3.55. The molecule has 0 bridgehead atoms. The largest absolute Gasteiger partial charge is 0.489 e. The van der Waals surface area contributed by atoms with E-state index in [1.165, 1.54) is 11.9 Å². The first kappa shape index (κ1) is 14.2. The second kappa shape index (κ2) is 6.00. The lowest BCUT2D eigenvalue weighted by atomic mass is 10.1. The van der Waals surface area contributed by atoms with Crippen LogP contribution in [0.15, 0.2) is 65.2 Å². The first-order chi connectivity index (χ1) is 11.8. The number of fused-ring (bicyclic) bond motifs is 4. The van der Waals surface area contributed by atoms with Crippen molar-refractivity contribution >= 4 is 28.6 Å². The Hall–Kier alpha value is -3.41. The van der Waals surface area contributed by atoms with Crippen molar-refractivity contribution < 1.29 is 9.53 Å². The monoisotopic (exact) mass is 316 g/mol. The van der Waals surface area contributed by atoms with Gasteiger partial charge in [0, 0.05) is 17.1 Å². The first-order valence-corrected chi connectivity index (χ1v) is 7.40. The maximum Gasteiger partial charge on any atom is 0.297 e. The average molecular weight is 316 g/mol. The van der Waals surface area contributed by atoms with Gasteiger partial charge in [0.25, 0.3) is 5.91 Å². The second-order valence-corrected chi connectivity index (χ2v) is 5.17. The maximum absolute atomic E-state index is 11.2. The van der Waals surface area contributed by atoms with Crippen LogP contribution in [-0.2, 0) is 0 Å². The van der Waals surface area contributed by atoms with Gasteiger partial charge < -0.3 is 4.74 Å². The summed E-state index contributed by atoms with van der Waals surface area (Å²) in [7, 11) is 0. The van der Waals surface area contributed by atoms with Crippen LogP contribution in [0.2, 0.25) is 0 Å². The Morgan fingerprint density at radius 2 is 1.96 bits per heavy atom. The quantitative estimate of drug-likeness (QED) is 0.629. The molecule has 0 atom stereocenters. The Morgan fingerprint density at radius 1 is 1.04 bits per heavy atom. The highest BCUT2D eigenvalue weighted by Gasteiger charge is 2.19. The molecule has 2 aliphatic rings. The molecule has 0 unspecified atom stereocenters. The van der Waals surface area contributed by atoms with Crippen LogP contribution in [-0.4, -0.2) is 22.5 Å². The Balaban J connectivity index is 0.000000129. The number of hydrogen-bond donors (Lipinski definition) is 0. The van der Waals surface area contributed by atoms with E-state index in [0.29, 0.717) is 17.9 Å². The number of hydrogen-bond acceptors (Lipinski definition) is 5. The third kappa shape index (κ3) is 2.54. The van der Waals surface area contributed by atoms with Gasteiger partial charge in [-0.15, -0.1) is 10.2 Å². The summed E-state index contributed by atoms with van der Waals surface area (Å²) in [5, 5.41) is 8.05. The first-order valence-electron chi connectivity index (χ1n) is 7.40. The van der Waals surface area contributed by atoms with Crippen molar-refractivity contribution in [1.82, 2.24) is 9.97 Å². The Labute approximate surface area is 137 Å². The number of para-hydroxylation sites is 1. The fourth-order valence-electron chi connectivity index (χ4n) is 2.53. The minimum Gasteiger partial charge on any atom is -0.489 e. The highest BCUT2D eigenvalue weighted by molar-refractivity contribution is 6.08. The molecular formula is C18H12N4O2. The zero-order valence-electron chi connectivity index (χ0n) is 12.6. The molecule has 116 valence electrons. The van der Waals surface area contributed by atoms with Gasteiger partial charge in [-0.05, 0) is 24.3 Å². The van der Waals surface area contributed by atoms with E-state index in [-0.39, 0.29) is 5.91 Å². The molecule has 3 aromatic rings. The minimum absolute atomic E-state index is 0.300. The van der Waals surface area contributed by atoms with Crippen LogP contribution in [0.25, 0.3) is 17.0 Å². The Morgan fingerprint density at radius 3 is 2.88 bits per heavy atom. The van der Waals surface area contributed by atoms with E-state index in [9.17, 15) is 4.79 Å². The number of aromatic nitrogens is 2. The summed E-state index contributed by atoms with van der Waals surface area (Å²) in [6.07, 6.45) is 7.20. The van der Waals surface area contributed by atoms with Crippen molar-refractivity contribution in [2.45, 2.75) is 0 Å². The molecule has 5 rings (SSSR count). The van der Waals surface area contributed by atoms with Crippen LogP contribution >= 0.6 is 0 Å². The maximum atomic E-state index is 11.2. The molecule has 6 nitrogen and oxygen atoms in total. The van der Waals surface area contributed by atoms with Gasteiger partial charge in [-0.3, -0.25) is 4.79 Å². The SMILES string of the molecule is C1=Cc2ccccc2OC1.O=C1N=Nc2c1ccc1ncncc21. The molecule has 1 amide bonds. The summed E-state index contributed by atoms with van der Waals surface area (Å²) in [5.74, 6) is 0.691. The average Bonchev–Trinajstić information content (AvgIpc) is 3.04.